The lowest BCUT2D eigenvalue weighted by molar-refractivity contribution is -0.129. The minimum absolute atomic E-state index is 0.127. The summed E-state index contributed by atoms with van der Waals surface area (Å²) >= 11 is 0. The highest BCUT2D eigenvalue weighted by Gasteiger charge is 2.36. The van der Waals surface area contributed by atoms with Crippen molar-refractivity contribution in [3.63, 3.8) is 0 Å². The summed E-state index contributed by atoms with van der Waals surface area (Å²) in [6, 6.07) is 13.6. The van der Waals surface area contributed by atoms with Gasteiger partial charge in [-0.15, -0.1) is 0 Å². The van der Waals surface area contributed by atoms with Gasteiger partial charge in [0.2, 0.25) is 0 Å². The molecule has 0 spiro atoms. The maximum Gasteiger partial charge on any atom is 0.338 e. The van der Waals surface area contributed by atoms with Crippen LogP contribution >= 0.6 is 0 Å². The van der Waals surface area contributed by atoms with Crippen molar-refractivity contribution in [1.82, 2.24) is 10.2 Å². The standard InChI is InChI=1S/C24H24N2O5/c1-15(21(27)25-18-9-5-6-10-18)31-24(30)17-11-12-19-20(13-17)23(29)26(22(19)28)14-16-7-3-2-4-8-16/h2-4,7-8,11-13,15,18H,5-6,9-10,14H2,1H3,(H,25,27). The molecule has 1 heterocycles. The third kappa shape index (κ3) is 4.35. The summed E-state index contributed by atoms with van der Waals surface area (Å²) in [5.74, 6) is -1.89. The van der Waals surface area contributed by atoms with Gasteiger partial charge < -0.3 is 10.1 Å². The summed E-state index contributed by atoms with van der Waals surface area (Å²) in [6.45, 7) is 1.68. The van der Waals surface area contributed by atoms with E-state index in [1.807, 2.05) is 30.3 Å². The van der Waals surface area contributed by atoms with Gasteiger partial charge in [0.25, 0.3) is 17.7 Å². The fourth-order valence-electron chi connectivity index (χ4n) is 4.00. The number of hydrogen-bond acceptors (Lipinski definition) is 5. The van der Waals surface area contributed by atoms with Crippen LogP contribution in [0.1, 0.15) is 69.2 Å². The molecule has 2 aromatic carbocycles. The van der Waals surface area contributed by atoms with Crippen molar-refractivity contribution in [3.8, 4) is 0 Å². The minimum atomic E-state index is -0.951. The largest absolute Gasteiger partial charge is 0.449 e. The van der Waals surface area contributed by atoms with Gasteiger partial charge in [-0.1, -0.05) is 43.2 Å². The van der Waals surface area contributed by atoms with Gasteiger partial charge in [-0.3, -0.25) is 19.3 Å². The Morgan fingerprint density at radius 3 is 2.42 bits per heavy atom. The molecule has 1 aliphatic heterocycles. The number of carbonyl (C=O) groups is 4. The highest BCUT2D eigenvalue weighted by molar-refractivity contribution is 6.21. The smallest absolute Gasteiger partial charge is 0.338 e. The van der Waals surface area contributed by atoms with Crippen molar-refractivity contribution in [2.45, 2.75) is 51.3 Å². The second-order valence-corrected chi connectivity index (χ2v) is 7.98. The molecule has 1 atom stereocenters. The van der Waals surface area contributed by atoms with E-state index in [0.29, 0.717) is 0 Å². The SMILES string of the molecule is CC(OC(=O)c1ccc2c(c1)C(=O)N(Cc1ccccc1)C2=O)C(=O)NC1CCCC1. The first kappa shape index (κ1) is 20.8. The quantitative estimate of drug-likeness (QED) is 0.573. The number of imide groups is 1. The molecule has 7 nitrogen and oxygen atoms in total. The van der Waals surface area contributed by atoms with E-state index in [9.17, 15) is 19.2 Å². The Morgan fingerprint density at radius 1 is 1.03 bits per heavy atom. The maximum atomic E-state index is 12.8. The number of ether oxygens (including phenoxy) is 1. The summed E-state index contributed by atoms with van der Waals surface area (Å²) < 4.78 is 5.29. The van der Waals surface area contributed by atoms with E-state index in [2.05, 4.69) is 5.32 Å². The second-order valence-electron chi connectivity index (χ2n) is 7.98. The Hall–Kier alpha value is -3.48. The molecule has 1 saturated carbocycles. The zero-order valence-corrected chi connectivity index (χ0v) is 17.3. The molecule has 1 fully saturated rings. The minimum Gasteiger partial charge on any atom is -0.449 e. The molecule has 2 aromatic rings. The number of esters is 1. The zero-order valence-electron chi connectivity index (χ0n) is 17.3. The average molecular weight is 420 g/mol. The summed E-state index contributed by atoms with van der Waals surface area (Å²) in [4.78, 5) is 51.4. The van der Waals surface area contributed by atoms with Gasteiger partial charge in [0, 0.05) is 6.04 Å². The van der Waals surface area contributed by atoms with Gasteiger partial charge in [0.05, 0.1) is 23.2 Å². The molecule has 7 heteroatoms. The molecule has 0 bridgehead atoms. The molecular formula is C24H24N2O5. The van der Waals surface area contributed by atoms with Gasteiger partial charge in [-0.25, -0.2) is 4.79 Å². The van der Waals surface area contributed by atoms with E-state index in [1.165, 1.54) is 25.1 Å². The van der Waals surface area contributed by atoms with E-state index in [0.717, 1.165) is 36.1 Å². The lowest BCUT2D eigenvalue weighted by Gasteiger charge is -2.17. The molecule has 3 amide bonds. The van der Waals surface area contributed by atoms with Gasteiger partial charge in [-0.2, -0.15) is 0 Å². The summed E-state index contributed by atoms with van der Waals surface area (Å²) in [7, 11) is 0. The van der Waals surface area contributed by atoms with Crippen molar-refractivity contribution in [3.05, 3.63) is 70.8 Å². The predicted molar refractivity (Wildman–Crippen MR) is 112 cm³/mol. The van der Waals surface area contributed by atoms with Crippen LogP contribution in [0.15, 0.2) is 48.5 Å². The fourth-order valence-corrected chi connectivity index (χ4v) is 4.00. The first-order valence-electron chi connectivity index (χ1n) is 10.5. The first-order valence-corrected chi connectivity index (χ1v) is 10.5. The van der Waals surface area contributed by atoms with Crippen LogP contribution in [-0.2, 0) is 16.1 Å². The van der Waals surface area contributed by atoms with Crippen molar-refractivity contribution < 1.29 is 23.9 Å². The number of carbonyl (C=O) groups excluding carboxylic acids is 4. The van der Waals surface area contributed by atoms with Crippen LogP contribution in [0.3, 0.4) is 0 Å². The number of nitrogens with zero attached hydrogens (tertiary/aromatic N) is 1. The van der Waals surface area contributed by atoms with Crippen molar-refractivity contribution in [1.29, 1.82) is 0 Å². The van der Waals surface area contributed by atoms with Crippen molar-refractivity contribution >= 4 is 23.7 Å². The number of hydrogen-bond donors (Lipinski definition) is 1. The van der Waals surface area contributed by atoms with Crippen molar-refractivity contribution in [2.75, 3.05) is 0 Å². The molecule has 1 N–H and O–H groups in total. The van der Waals surface area contributed by atoms with Crippen LogP contribution in [0, 0.1) is 0 Å². The number of amides is 3. The highest BCUT2D eigenvalue weighted by Crippen LogP contribution is 2.26. The number of benzene rings is 2. The molecule has 2 aliphatic rings. The van der Waals surface area contributed by atoms with E-state index in [-0.39, 0.29) is 35.2 Å². The van der Waals surface area contributed by atoms with Crippen LogP contribution < -0.4 is 5.32 Å². The van der Waals surface area contributed by atoms with E-state index < -0.39 is 23.9 Å². The average Bonchev–Trinajstić information content (AvgIpc) is 3.37. The Labute approximate surface area is 180 Å². The Morgan fingerprint density at radius 2 is 1.71 bits per heavy atom. The Bertz CT molecular complexity index is 1030. The lowest BCUT2D eigenvalue weighted by Crippen LogP contribution is -2.40. The third-order valence-electron chi connectivity index (χ3n) is 5.74. The third-order valence-corrected chi connectivity index (χ3v) is 5.74. The second kappa shape index (κ2) is 8.71. The Balaban J connectivity index is 1.44. The maximum absolute atomic E-state index is 12.8. The van der Waals surface area contributed by atoms with E-state index in [4.69, 9.17) is 4.74 Å². The van der Waals surface area contributed by atoms with Gasteiger partial charge >= 0.3 is 5.97 Å². The normalized spacial score (nSPS) is 16.9. The lowest BCUT2D eigenvalue weighted by atomic mass is 10.1. The molecule has 0 aromatic heterocycles. The molecular weight excluding hydrogens is 396 g/mol. The predicted octanol–water partition coefficient (Wildman–Crippen LogP) is 3.09. The zero-order chi connectivity index (χ0) is 22.0. The van der Waals surface area contributed by atoms with Crippen molar-refractivity contribution in [2.24, 2.45) is 0 Å². The topological polar surface area (TPSA) is 92.8 Å². The van der Waals surface area contributed by atoms with Gasteiger partial charge in [-0.05, 0) is 43.5 Å². The summed E-state index contributed by atoms with van der Waals surface area (Å²) in [5, 5.41) is 2.90. The van der Waals surface area contributed by atoms with Gasteiger partial charge in [0.15, 0.2) is 6.10 Å². The van der Waals surface area contributed by atoms with Crippen LogP contribution in [0.2, 0.25) is 0 Å². The molecule has 0 saturated heterocycles. The number of fused-ring (bicyclic) bond motifs is 1. The van der Waals surface area contributed by atoms with E-state index in [1.54, 1.807) is 0 Å². The molecule has 0 radical (unpaired) electrons. The first-order chi connectivity index (χ1) is 14.9. The highest BCUT2D eigenvalue weighted by atomic mass is 16.5. The monoisotopic (exact) mass is 420 g/mol. The summed E-state index contributed by atoms with van der Waals surface area (Å²) in [5.41, 5.74) is 1.38. The van der Waals surface area contributed by atoms with E-state index >= 15 is 0 Å². The fraction of sp³-hybridized carbons (Fsp3) is 0.333. The molecule has 4 rings (SSSR count). The molecule has 1 aliphatic carbocycles. The number of rotatable bonds is 6. The van der Waals surface area contributed by atoms with Crippen LogP contribution in [0.25, 0.3) is 0 Å². The molecule has 31 heavy (non-hydrogen) atoms. The number of nitrogens with one attached hydrogen (secondary N) is 1. The van der Waals surface area contributed by atoms with Crippen LogP contribution in [0.4, 0.5) is 0 Å². The summed E-state index contributed by atoms with van der Waals surface area (Å²) in [6.07, 6.45) is 3.10. The van der Waals surface area contributed by atoms with Crippen LogP contribution in [0.5, 0.6) is 0 Å². The Kier molecular flexibility index (Phi) is 5.84. The van der Waals surface area contributed by atoms with Crippen LogP contribution in [-0.4, -0.2) is 40.7 Å². The molecule has 1 unspecified atom stereocenters. The molecule has 160 valence electrons. The van der Waals surface area contributed by atoms with Gasteiger partial charge in [0.1, 0.15) is 0 Å².